The number of ether oxygens (including phenoxy) is 1. The van der Waals surface area contributed by atoms with Crippen molar-refractivity contribution in [1.29, 1.82) is 0 Å². The Labute approximate surface area is 95.8 Å². The minimum absolute atomic E-state index is 0.0889. The van der Waals surface area contributed by atoms with Crippen LogP contribution in [0.15, 0.2) is 6.07 Å². The smallest absolute Gasteiger partial charge is 0.159 e. The lowest BCUT2D eigenvalue weighted by Crippen LogP contribution is -2.13. The summed E-state index contributed by atoms with van der Waals surface area (Å²) >= 11 is 5.93. The van der Waals surface area contributed by atoms with Gasteiger partial charge in [0.1, 0.15) is 11.3 Å². The fourth-order valence-corrected chi connectivity index (χ4v) is 1.68. The first-order valence-corrected chi connectivity index (χ1v) is 5.52. The molecule has 0 aliphatic heterocycles. The third kappa shape index (κ3) is 3.14. The Hall–Kier alpha value is -0.670. The third-order valence-electron chi connectivity index (χ3n) is 2.24. The second kappa shape index (κ2) is 5.42. The van der Waals surface area contributed by atoms with Gasteiger partial charge in [-0.3, -0.25) is 0 Å². The van der Waals surface area contributed by atoms with E-state index in [0.717, 1.165) is 12.1 Å². The topological polar surface area (TPSA) is 35.0 Å². The summed E-state index contributed by atoms with van der Waals surface area (Å²) in [5.74, 6) is 1.01. The summed E-state index contributed by atoms with van der Waals surface area (Å²) in [6.07, 6.45) is 0.762. The second-order valence-corrected chi connectivity index (χ2v) is 4.18. The van der Waals surface area contributed by atoms with E-state index >= 15 is 0 Å². The predicted octanol–water partition coefficient (Wildman–Crippen LogP) is 3.04. The van der Waals surface area contributed by atoms with Crippen molar-refractivity contribution in [3.63, 3.8) is 0 Å². The van der Waals surface area contributed by atoms with Gasteiger partial charge in [0.15, 0.2) is 5.82 Å². The molecule has 0 aliphatic carbocycles. The lowest BCUT2D eigenvalue weighted by Gasteiger charge is -2.18. The molecule has 4 heteroatoms. The van der Waals surface area contributed by atoms with Crippen LogP contribution in [0.25, 0.3) is 0 Å². The van der Waals surface area contributed by atoms with Crippen molar-refractivity contribution >= 4 is 11.6 Å². The van der Waals surface area contributed by atoms with Gasteiger partial charge in [-0.25, -0.2) is 9.97 Å². The number of hydrogen-bond acceptors (Lipinski definition) is 3. The molecule has 1 rings (SSSR count). The van der Waals surface area contributed by atoms with Gasteiger partial charge in [-0.1, -0.05) is 32.4 Å². The zero-order chi connectivity index (χ0) is 11.4. The number of halogens is 1. The van der Waals surface area contributed by atoms with Gasteiger partial charge in [-0.15, -0.1) is 0 Å². The van der Waals surface area contributed by atoms with E-state index < -0.39 is 0 Å². The summed E-state index contributed by atoms with van der Waals surface area (Å²) in [7, 11) is 1.67. The Morgan fingerprint density at radius 3 is 2.53 bits per heavy atom. The molecule has 0 spiro atoms. The molecule has 0 amide bonds. The van der Waals surface area contributed by atoms with E-state index in [9.17, 15) is 0 Å². The van der Waals surface area contributed by atoms with Gasteiger partial charge in [0.25, 0.3) is 0 Å². The quantitative estimate of drug-likeness (QED) is 0.743. The lowest BCUT2D eigenvalue weighted by molar-refractivity contribution is 0.0573. The van der Waals surface area contributed by atoms with Gasteiger partial charge in [-0.2, -0.15) is 0 Å². The van der Waals surface area contributed by atoms with Crippen LogP contribution in [0, 0.1) is 5.92 Å². The zero-order valence-electron chi connectivity index (χ0n) is 9.62. The van der Waals surface area contributed by atoms with Crippen molar-refractivity contribution < 1.29 is 4.74 Å². The van der Waals surface area contributed by atoms with Crippen LogP contribution >= 0.6 is 11.6 Å². The van der Waals surface area contributed by atoms with E-state index in [1.807, 2.05) is 6.92 Å². The Balaban J connectivity index is 3.06. The fourth-order valence-electron chi connectivity index (χ4n) is 1.47. The number of nitrogens with zero attached hydrogens (tertiary/aromatic N) is 2. The molecule has 1 aromatic heterocycles. The molecule has 1 unspecified atom stereocenters. The highest BCUT2D eigenvalue weighted by Crippen LogP contribution is 2.23. The first-order chi connectivity index (χ1) is 7.08. The number of rotatable bonds is 4. The lowest BCUT2D eigenvalue weighted by atomic mass is 10.1. The van der Waals surface area contributed by atoms with Gasteiger partial charge in [0.2, 0.25) is 0 Å². The van der Waals surface area contributed by atoms with E-state index in [1.165, 1.54) is 0 Å². The van der Waals surface area contributed by atoms with Crippen molar-refractivity contribution in [2.75, 3.05) is 7.11 Å². The van der Waals surface area contributed by atoms with Gasteiger partial charge in [0.05, 0.1) is 0 Å². The van der Waals surface area contributed by atoms with Gasteiger partial charge >= 0.3 is 0 Å². The first-order valence-electron chi connectivity index (χ1n) is 5.14. The van der Waals surface area contributed by atoms with Crippen LogP contribution in [0.2, 0.25) is 5.15 Å². The Morgan fingerprint density at radius 1 is 1.40 bits per heavy atom. The normalized spacial score (nSPS) is 13.2. The standard InChI is InChI=1S/C11H17ClN2O/c1-5-8-6-9(12)14-11(13-8)10(15-4)7(2)3/h6-7,10H,5H2,1-4H3. The van der Waals surface area contributed by atoms with Crippen molar-refractivity contribution in [3.8, 4) is 0 Å². The molecule has 0 saturated heterocycles. The summed E-state index contributed by atoms with van der Waals surface area (Å²) in [5.41, 5.74) is 0.952. The van der Waals surface area contributed by atoms with Crippen LogP contribution in [-0.4, -0.2) is 17.1 Å². The molecule has 84 valence electrons. The van der Waals surface area contributed by atoms with Gasteiger partial charge in [-0.05, 0) is 18.4 Å². The molecule has 1 heterocycles. The molecule has 0 bridgehead atoms. The molecule has 15 heavy (non-hydrogen) atoms. The highest BCUT2D eigenvalue weighted by Gasteiger charge is 2.18. The maximum Gasteiger partial charge on any atom is 0.159 e. The maximum atomic E-state index is 5.93. The molecule has 0 aromatic carbocycles. The van der Waals surface area contributed by atoms with Crippen LogP contribution < -0.4 is 0 Å². The number of methoxy groups -OCH3 is 1. The van der Waals surface area contributed by atoms with Crippen molar-refractivity contribution in [1.82, 2.24) is 9.97 Å². The maximum absolute atomic E-state index is 5.93. The summed E-state index contributed by atoms with van der Waals surface area (Å²) in [6.45, 7) is 6.19. The first kappa shape index (κ1) is 12.4. The Kier molecular flexibility index (Phi) is 4.48. The molecule has 0 aliphatic rings. The molecule has 0 radical (unpaired) electrons. The summed E-state index contributed by atoms with van der Waals surface area (Å²) in [6, 6.07) is 1.79. The van der Waals surface area contributed by atoms with E-state index in [4.69, 9.17) is 16.3 Å². The van der Waals surface area contributed by atoms with Crippen LogP contribution in [0.3, 0.4) is 0 Å². The van der Waals surface area contributed by atoms with E-state index in [0.29, 0.717) is 16.9 Å². The Bertz CT molecular complexity index is 328. The predicted molar refractivity (Wildman–Crippen MR) is 61.0 cm³/mol. The molecule has 0 N–H and O–H groups in total. The summed E-state index contributed by atoms with van der Waals surface area (Å²) in [5, 5.41) is 0.486. The van der Waals surface area contributed by atoms with E-state index in [1.54, 1.807) is 13.2 Å². The second-order valence-electron chi connectivity index (χ2n) is 3.79. The van der Waals surface area contributed by atoms with Crippen molar-refractivity contribution in [3.05, 3.63) is 22.7 Å². The van der Waals surface area contributed by atoms with Crippen LogP contribution in [0.5, 0.6) is 0 Å². The zero-order valence-corrected chi connectivity index (χ0v) is 10.4. The van der Waals surface area contributed by atoms with Crippen LogP contribution in [0.1, 0.15) is 38.4 Å². The average molecular weight is 229 g/mol. The fraction of sp³-hybridized carbons (Fsp3) is 0.636. The highest BCUT2D eigenvalue weighted by atomic mass is 35.5. The molecule has 1 aromatic rings. The van der Waals surface area contributed by atoms with Crippen LogP contribution in [0.4, 0.5) is 0 Å². The highest BCUT2D eigenvalue weighted by molar-refractivity contribution is 6.29. The molecule has 0 saturated carbocycles. The van der Waals surface area contributed by atoms with Crippen LogP contribution in [-0.2, 0) is 11.2 Å². The van der Waals surface area contributed by atoms with Gasteiger partial charge < -0.3 is 4.74 Å². The van der Waals surface area contributed by atoms with Gasteiger partial charge in [0, 0.05) is 12.8 Å². The van der Waals surface area contributed by atoms with E-state index in [2.05, 4.69) is 23.8 Å². The van der Waals surface area contributed by atoms with Crippen molar-refractivity contribution in [2.24, 2.45) is 5.92 Å². The average Bonchev–Trinajstić information content (AvgIpc) is 2.17. The number of aryl methyl sites for hydroxylation is 1. The minimum atomic E-state index is -0.0889. The summed E-state index contributed by atoms with van der Waals surface area (Å²) in [4.78, 5) is 8.63. The number of aromatic nitrogens is 2. The number of hydrogen-bond donors (Lipinski definition) is 0. The molecule has 3 nitrogen and oxygen atoms in total. The largest absolute Gasteiger partial charge is 0.373 e. The molecule has 0 fully saturated rings. The monoisotopic (exact) mass is 228 g/mol. The Morgan fingerprint density at radius 2 is 2.07 bits per heavy atom. The third-order valence-corrected chi connectivity index (χ3v) is 2.44. The minimum Gasteiger partial charge on any atom is -0.373 e. The van der Waals surface area contributed by atoms with Crippen molar-refractivity contribution in [2.45, 2.75) is 33.3 Å². The SMILES string of the molecule is CCc1cc(Cl)nc(C(OC)C(C)C)n1. The molecular formula is C11H17ClN2O. The molecule has 1 atom stereocenters. The molecular weight excluding hydrogens is 212 g/mol. The summed E-state index contributed by atoms with van der Waals surface area (Å²) < 4.78 is 5.37. The van der Waals surface area contributed by atoms with E-state index in [-0.39, 0.29) is 6.10 Å².